The van der Waals surface area contributed by atoms with Crippen LogP contribution in [0.4, 0.5) is 4.39 Å². The molecule has 2 N–H and O–H groups in total. The first-order valence-corrected chi connectivity index (χ1v) is 17.0. The third-order valence-corrected chi connectivity index (χ3v) is 13.8. The number of aliphatic carboxylic acids is 1. The Kier molecular flexibility index (Phi) is 7.16. The zero-order valence-electron chi connectivity index (χ0n) is 26.0. The summed E-state index contributed by atoms with van der Waals surface area (Å²) in [5.74, 6) is -1.65. The number of carbonyl (C=O) groups excluding carboxylic acids is 1. The Labute approximate surface area is 267 Å². The summed E-state index contributed by atoms with van der Waals surface area (Å²) >= 11 is 0.998. The minimum atomic E-state index is -1.51. The normalized spacial score (nSPS) is 40.0. The van der Waals surface area contributed by atoms with E-state index in [1.54, 1.807) is 19.1 Å². The smallest absolute Gasteiger partial charge is 0.336 e. The number of carboxylic acid groups (broad SMARTS) is 1. The van der Waals surface area contributed by atoms with Gasteiger partial charge >= 0.3 is 5.97 Å². The fourth-order valence-corrected chi connectivity index (χ4v) is 11.9. The number of hydrogen-bond donors (Lipinski definition) is 2. The monoisotopic (exact) mass is 633 g/mol. The van der Waals surface area contributed by atoms with Crippen molar-refractivity contribution in [2.75, 3.05) is 12.4 Å². The molecule has 2 unspecified atom stereocenters. The highest BCUT2D eigenvalue weighted by Gasteiger charge is 2.73. The minimum absolute atomic E-state index is 0.00740. The van der Waals surface area contributed by atoms with Crippen LogP contribution < -0.4 is 0 Å². The molecule has 3 saturated carbocycles. The van der Waals surface area contributed by atoms with Crippen LogP contribution in [0.1, 0.15) is 70.6 Å². The molecule has 238 valence electrons. The summed E-state index contributed by atoms with van der Waals surface area (Å²) in [6.45, 7) is 6.25. The Balaban J connectivity index is 1.26. The Morgan fingerprint density at radius 3 is 2.67 bits per heavy atom. The van der Waals surface area contributed by atoms with Crippen LogP contribution in [0.2, 0.25) is 0 Å². The number of carboxylic acids is 1. The number of allylic oxidation sites excluding steroid dienone is 1. The molecule has 9 atom stereocenters. The fraction of sp³-hybridized carbons (Fsp3) is 0.600. The Bertz CT molecular complexity index is 1630. The molecule has 4 aliphatic carbocycles. The number of aliphatic hydroxyl groups excluding tert-OH is 1. The summed E-state index contributed by atoms with van der Waals surface area (Å²) in [5, 5.41) is 36.5. The molecule has 2 heterocycles. The first-order chi connectivity index (χ1) is 21.4. The molecule has 0 spiro atoms. The van der Waals surface area contributed by atoms with Crippen molar-refractivity contribution < 1.29 is 28.9 Å². The van der Waals surface area contributed by atoms with E-state index in [2.05, 4.69) is 31.1 Å². The van der Waals surface area contributed by atoms with E-state index in [0.29, 0.717) is 19.3 Å². The first kappa shape index (κ1) is 30.6. The molecule has 4 fully saturated rings. The van der Waals surface area contributed by atoms with Gasteiger partial charge in [0.25, 0.3) is 0 Å². The number of fused-ring (bicyclic) bond motifs is 6. The second kappa shape index (κ2) is 10.5. The average molecular weight is 634 g/mol. The van der Waals surface area contributed by atoms with Gasteiger partial charge in [-0.3, -0.25) is 4.79 Å². The van der Waals surface area contributed by atoms with E-state index in [-0.39, 0.29) is 46.5 Å². The van der Waals surface area contributed by atoms with Crippen molar-refractivity contribution in [3.05, 3.63) is 53.1 Å². The molecule has 1 aliphatic heterocycles. The Morgan fingerprint density at radius 1 is 1.20 bits per heavy atom. The number of aliphatic hydroxyl groups is 1. The highest BCUT2D eigenvalue weighted by molar-refractivity contribution is 8.13. The first-order valence-electron chi connectivity index (χ1n) is 16.0. The molecule has 2 aromatic rings. The number of nitriles is 1. The van der Waals surface area contributed by atoms with Crippen molar-refractivity contribution in [2.24, 2.45) is 39.9 Å². The van der Waals surface area contributed by atoms with Crippen LogP contribution in [0.25, 0.3) is 11.8 Å². The van der Waals surface area contributed by atoms with Crippen molar-refractivity contribution in [1.82, 2.24) is 9.78 Å². The van der Waals surface area contributed by atoms with Crippen molar-refractivity contribution >= 4 is 28.9 Å². The number of benzene rings is 1. The van der Waals surface area contributed by atoms with Crippen LogP contribution in [0.3, 0.4) is 0 Å². The average Bonchev–Trinajstić information content (AvgIpc) is 3.68. The summed E-state index contributed by atoms with van der Waals surface area (Å²) in [6, 6.07) is 8.41. The lowest BCUT2D eigenvalue weighted by molar-refractivity contribution is -0.184. The molecule has 1 aromatic carbocycles. The minimum Gasteiger partial charge on any atom is -0.479 e. The van der Waals surface area contributed by atoms with Crippen LogP contribution in [-0.4, -0.2) is 55.1 Å². The van der Waals surface area contributed by atoms with Crippen LogP contribution in [0.15, 0.2) is 36.0 Å². The quantitative estimate of drug-likeness (QED) is 0.423. The Morgan fingerprint density at radius 2 is 1.96 bits per heavy atom. The topological polar surface area (TPSA) is 125 Å². The lowest BCUT2D eigenvalue weighted by Crippen LogP contribution is -2.63. The van der Waals surface area contributed by atoms with E-state index < -0.39 is 34.4 Å². The van der Waals surface area contributed by atoms with E-state index >= 15 is 0 Å². The van der Waals surface area contributed by atoms with Gasteiger partial charge in [0, 0.05) is 12.5 Å². The third-order valence-electron chi connectivity index (χ3n) is 12.9. The number of thioether (sulfide) groups is 1. The lowest BCUT2D eigenvalue weighted by Gasteiger charge is -2.62. The second-order valence-electron chi connectivity index (χ2n) is 14.6. The molecule has 7 rings (SSSR count). The number of ether oxygens (including phenoxy) is 1. The number of hydrogen-bond acceptors (Lipinski definition) is 7. The maximum Gasteiger partial charge on any atom is 0.336 e. The predicted octanol–water partition coefficient (Wildman–Crippen LogP) is 5.81. The number of carbonyl (C=O) groups is 2. The van der Waals surface area contributed by atoms with Crippen LogP contribution in [0.5, 0.6) is 0 Å². The highest BCUT2D eigenvalue weighted by atomic mass is 32.2. The molecular weight excluding hydrogens is 593 g/mol. The molecular formula is C35H40FN3O5S. The summed E-state index contributed by atoms with van der Waals surface area (Å²) < 4.78 is 21.4. The third kappa shape index (κ3) is 4.12. The molecule has 45 heavy (non-hydrogen) atoms. The SMILES string of the molecule is CC1(C(=O)O)OCCC1[C@]1(C(=O)SCC#N)CC[C@H]2[C@@H]3CCC4=Cc5c(cnn5-c5ccc(F)cc5)C[C@]4(C)[C@H]3[C@@H](O)C[C@@]21C. The summed E-state index contributed by atoms with van der Waals surface area (Å²) in [6.07, 6.45) is 8.04. The summed E-state index contributed by atoms with van der Waals surface area (Å²) in [5.41, 5.74) is 0.689. The number of rotatable bonds is 5. The van der Waals surface area contributed by atoms with E-state index in [0.717, 1.165) is 54.4 Å². The number of aromatic nitrogens is 2. The van der Waals surface area contributed by atoms with Gasteiger partial charge < -0.3 is 14.9 Å². The van der Waals surface area contributed by atoms with Crippen LogP contribution in [-0.2, 0) is 20.7 Å². The van der Waals surface area contributed by atoms with Gasteiger partial charge in [-0.2, -0.15) is 10.4 Å². The van der Waals surface area contributed by atoms with Crippen molar-refractivity contribution in [3.8, 4) is 11.8 Å². The summed E-state index contributed by atoms with van der Waals surface area (Å²) in [4.78, 5) is 27.0. The highest BCUT2D eigenvalue weighted by Crippen LogP contribution is 2.74. The standard InChI is InChI=1S/C35H40FN3O5S/c1-32-17-20-19-38-39(23-7-5-22(36)6-8-23)26(20)16-21(32)4-9-24-25-10-12-35(31(43)45-15-13-37,33(25,2)18-27(40)29(24)32)28-11-14-44-34(28,3)30(41)42/h5-8,16,19,24-25,27-29,40H,4,9-12,14-15,17-18H2,1-3H3,(H,41,42)/t24-,25-,27-,28?,29+,32-,33-,34?,35-/m0/s1. The van der Waals surface area contributed by atoms with Gasteiger partial charge in [0.2, 0.25) is 0 Å². The van der Waals surface area contributed by atoms with Gasteiger partial charge in [-0.05, 0) is 116 Å². The van der Waals surface area contributed by atoms with Gasteiger partial charge in [0.15, 0.2) is 10.7 Å². The van der Waals surface area contributed by atoms with E-state index in [1.807, 2.05) is 10.9 Å². The Hall–Kier alpha value is -3.00. The molecule has 10 heteroatoms. The van der Waals surface area contributed by atoms with Crippen LogP contribution >= 0.6 is 11.8 Å². The van der Waals surface area contributed by atoms with Crippen molar-refractivity contribution in [2.45, 2.75) is 77.4 Å². The van der Waals surface area contributed by atoms with Gasteiger partial charge in [0.05, 0.1) is 40.9 Å². The van der Waals surface area contributed by atoms with Gasteiger partial charge in [0.1, 0.15) is 5.82 Å². The van der Waals surface area contributed by atoms with E-state index in [1.165, 1.54) is 17.7 Å². The number of nitrogens with zero attached hydrogens (tertiary/aromatic N) is 3. The van der Waals surface area contributed by atoms with Gasteiger partial charge in [-0.1, -0.05) is 31.2 Å². The largest absolute Gasteiger partial charge is 0.479 e. The van der Waals surface area contributed by atoms with Crippen molar-refractivity contribution in [1.29, 1.82) is 5.26 Å². The van der Waals surface area contributed by atoms with Gasteiger partial charge in [-0.25, -0.2) is 13.9 Å². The van der Waals surface area contributed by atoms with E-state index in [9.17, 15) is 29.5 Å². The fourth-order valence-electron chi connectivity index (χ4n) is 11.0. The number of halogens is 1. The lowest BCUT2D eigenvalue weighted by atomic mass is 9.42. The van der Waals surface area contributed by atoms with Crippen LogP contribution in [0, 0.1) is 57.1 Å². The summed E-state index contributed by atoms with van der Waals surface area (Å²) in [7, 11) is 0. The molecule has 8 nitrogen and oxygen atoms in total. The predicted molar refractivity (Wildman–Crippen MR) is 167 cm³/mol. The maximum absolute atomic E-state index is 14.4. The maximum atomic E-state index is 14.4. The van der Waals surface area contributed by atoms with Gasteiger partial charge in [-0.15, -0.1) is 0 Å². The molecule has 0 radical (unpaired) electrons. The molecule has 1 aromatic heterocycles. The molecule has 0 amide bonds. The zero-order chi connectivity index (χ0) is 31.9. The van der Waals surface area contributed by atoms with E-state index in [4.69, 9.17) is 4.74 Å². The molecule has 5 aliphatic rings. The second-order valence-corrected chi connectivity index (χ2v) is 15.5. The molecule has 1 saturated heterocycles. The van der Waals surface area contributed by atoms with Crippen molar-refractivity contribution in [3.63, 3.8) is 0 Å². The molecule has 0 bridgehead atoms. The zero-order valence-corrected chi connectivity index (χ0v) is 26.8.